The van der Waals surface area contributed by atoms with Crippen LogP contribution in [0.15, 0.2) is 23.3 Å². The van der Waals surface area contributed by atoms with Crippen LogP contribution in [0.4, 0.5) is 4.79 Å². The molecule has 2 N–H and O–H groups in total. The van der Waals surface area contributed by atoms with Crippen molar-refractivity contribution in [3.05, 3.63) is 23.3 Å². The van der Waals surface area contributed by atoms with Gasteiger partial charge in [-0.25, -0.2) is 4.79 Å². The zero-order valence-electron chi connectivity index (χ0n) is 25.2. The maximum Gasteiger partial charge on any atom is 0.315 e. The number of urea groups is 1. The van der Waals surface area contributed by atoms with Crippen LogP contribution in [-0.2, 0) is 9.59 Å². The van der Waals surface area contributed by atoms with E-state index in [2.05, 4.69) is 51.3 Å². The summed E-state index contributed by atoms with van der Waals surface area (Å²) in [5.41, 5.74) is -0.200. The Morgan fingerprint density at radius 1 is 1.03 bits per heavy atom. The van der Waals surface area contributed by atoms with Crippen molar-refractivity contribution in [3.8, 4) is 6.07 Å². The van der Waals surface area contributed by atoms with E-state index in [1.54, 1.807) is 0 Å². The monoisotopic (exact) mass is 533 g/mol. The molecule has 0 aromatic heterocycles. The van der Waals surface area contributed by atoms with Gasteiger partial charge in [-0.2, -0.15) is 5.26 Å². The number of hydrogen-bond donors (Lipinski definition) is 2. The molecule has 212 valence electrons. The number of rotatable bonds is 2. The fourth-order valence-electron chi connectivity index (χ4n) is 10.5. The number of Topliss-reactive ketones (excluding diaryl/α,β-unsaturated/α-hetero) is 1. The molecule has 5 aliphatic carbocycles. The number of nitriles is 1. The van der Waals surface area contributed by atoms with Gasteiger partial charge >= 0.3 is 6.03 Å². The fourth-order valence-corrected chi connectivity index (χ4v) is 10.5. The quantitative estimate of drug-likeness (QED) is 0.446. The van der Waals surface area contributed by atoms with Crippen molar-refractivity contribution in [1.29, 1.82) is 5.26 Å². The molecular formula is C33H47N3O3. The van der Waals surface area contributed by atoms with E-state index < -0.39 is 10.8 Å². The first-order valence-electron chi connectivity index (χ1n) is 15.0. The zero-order valence-corrected chi connectivity index (χ0v) is 25.2. The van der Waals surface area contributed by atoms with Crippen molar-refractivity contribution in [2.45, 2.75) is 100.0 Å². The molecule has 0 spiro atoms. The van der Waals surface area contributed by atoms with Crippen molar-refractivity contribution in [1.82, 2.24) is 10.6 Å². The fraction of sp³-hybridized carbons (Fsp3) is 0.758. The van der Waals surface area contributed by atoms with Gasteiger partial charge in [0.05, 0.1) is 5.57 Å². The normalized spacial score (nSPS) is 43.8. The average Bonchev–Trinajstić information content (AvgIpc) is 2.82. The van der Waals surface area contributed by atoms with Crippen LogP contribution >= 0.6 is 0 Å². The van der Waals surface area contributed by atoms with Crippen molar-refractivity contribution >= 4 is 17.6 Å². The smallest absolute Gasteiger partial charge is 0.315 e. The summed E-state index contributed by atoms with van der Waals surface area (Å²) in [6, 6.07) is 2.13. The topological polar surface area (TPSA) is 99.1 Å². The lowest BCUT2D eigenvalue weighted by molar-refractivity contribution is -0.157. The first-order chi connectivity index (χ1) is 18.1. The summed E-state index contributed by atoms with van der Waals surface area (Å²) < 4.78 is 0. The number of carbonyl (C=O) groups is 3. The maximum absolute atomic E-state index is 14.4. The number of allylic oxidation sites excluding steroid dienone is 4. The third kappa shape index (κ3) is 3.81. The van der Waals surface area contributed by atoms with E-state index in [1.807, 2.05) is 32.9 Å². The van der Waals surface area contributed by atoms with Gasteiger partial charge in [-0.3, -0.25) is 9.59 Å². The molecule has 5 rings (SSSR count). The Labute approximate surface area is 234 Å². The molecule has 2 amide bonds. The highest BCUT2D eigenvalue weighted by molar-refractivity contribution is 6.04. The second kappa shape index (κ2) is 8.79. The molecule has 39 heavy (non-hydrogen) atoms. The van der Waals surface area contributed by atoms with Gasteiger partial charge in [-0.05, 0) is 85.5 Å². The van der Waals surface area contributed by atoms with Crippen molar-refractivity contribution in [2.75, 3.05) is 6.54 Å². The number of nitrogens with zero attached hydrogens (tertiary/aromatic N) is 1. The summed E-state index contributed by atoms with van der Waals surface area (Å²) in [6.45, 7) is 17.9. The zero-order chi connectivity index (χ0) is 28.8. The average molecular weight is 534 g/mol. The molecule has 6 nitrogen and oxygen atoms in total. The highest BCUT2D eigenvalue weighted by Crippen LogP contribution is 2.73. The number of ketones is 2. The van der Waals surface area contributed by atoms with E-state index in [1.165, 1.54) is 0 Å². The molecule has 0 saturated heterocycles. The second-order valence-electron chi connectivity index (χ2n) is 15.3. The molecular weight excluding hydrogens is 486 g/mol. The van der Waals surface area contributed by atoms with Crippen LogP contribution in [0.2, 0.25) is 0 Å². The second-order valence-corrected chi connectivity index (χ2v) is 15.3. The molecule has 3 fully saturated rings. The molecule has 0 aromatic carbocycles. The van der Waals surface area contributed by atoms with Crippen LogP contribution in [0.25, 0.3) is 0 Å². The van der Waals surface area contributed by atoms with Gasteiger partial charge in [0.15, 0.2) is 11.6 Å². The summed E-state index contributed by atoms with van der Waals surface area (Å²) >= 11 is 0. The minimum absolute atomic E-state index is 0.0244. The Balaban J connectivity index is 1.60. The highest BCUT2D eigenvalue weighted by Gasteiger charge is 2.68. The van der Waals surface area contributed by atoms with Gasteiger partial charge in [0.1, 0.15) is 6.07 Å². The SMILES string of the molecule is CCNC(=O)N[C@@H]1CC(C)(C)C[C@H]2[C@@H]1CC[C@]1(C)[C@@H]2C(=O)C=C2[C@@]3(C)C=C(C#N)C(=O)C(C)(C)[C@@H]3CC[C@]21C. The van der Waals surface area contributed by atoms with E-state index in [0.717, 1.165) is 44.1 Å². The standard InChI is InChI=1S/C33H47N3O3/c1-9-35-28(39)36-22-17-29(2,3)16-21-20(22)10-12-33(8)26(21)23(37)14-25-31(6)15-19(18-34)27(38)30(4,5)24(31)11-13-32(25,33)7/h14-15,20-22,24,26H,9-13,16-17H2,1-8H3,(H2,35,36,39)/t20-,21-,22+,24-,26-,31-,32+,33+/m0/s1. The Morgan fingerprint density at radius 2 is 1.72 bits per heavy atom. The van der Waals surface area contributed by atoms with Crippen molar-refractivity contribution in [3.63, 3.8) is 0 Å². The Morgan fingerprint density at radius 3 is 2.36 bits per heavy atom. The van der Waals surface area contributed by atoms with Gasteiger partial charge in [0.2, 0.25) is 0 Å². The van der Waals surface area contributed by atoms with Crippen LogP contribution in [0, 0.1) is 62.1 Å². The van der Waals surface area contributed by atoms with Gasteiger partial charge in [-0.15, -0.1) is 0 Å². The third-order valence-corrected chi connectivity index (χ3v) is 12.3. The summed E-state index contributed by atoms with van der Waals surface area (Å²) in [4.78, 5) is 40.2. The summed E-state index contributed by atoms with van der Waals surface area (Å²) in [6.07, 6.45) is 9.53. The van der Waals surface area contributed by atoms with E-state index in [9.17, 15) is 19.6 Å². The number of fused-ring (bicyclic) bond motifs is 7. The molecule has 0 aromatic rings. The molecule has 5 aliphatic rings. The van der Waals surface area contributed by atoms with E-state index in [4.69, 9.17) is 0 Å². The summed E-state index contributed by atoms with van der Waals surface area (Å²) in [5, 5.41) is 16.1. The number of nitrogens with one attached hydrogen (secondary N) is 2. The number of amides is 2. The summed E-state index contributed by atoms with van der Waals surface area (Å²) in [5.74, 6) is 0.584. The van der Waals surface area contributed by atoms with E-state index >= 15 is 0 Å². The molecule has 0 aliphatic heterocycles. The number of hydrogen-bond acceptors (Lipinski definition) is 4. The van der Waals surface area contributed by atoms with Crippen LogP contribution in [-0.4, -0.2) is 30.2 Å². The first-order valence-corrected chi connectivity index (χ1v) is 15.0. The largest absolute Gasteiger partial charge is 0.338 e. The molecule has 0 heterocycles. The van der Waals surface area contributed by atoms with E-state index in [0.29, 0.717) is 6.54 Å². The van der Waals surface area contributed by atoms with Crippen molar-refractivity contribution < 1.29 is 14.4 Å². The summed E-state index contributed by atoms with van der Waals surface area (Å²) in [7, 11) is 0. The highest BCUT2D eigenvalue weighted by atomic mass is 16.2. The van der Waals surface area contributed by atoms with E-state index in [-0.39, 0.29) is 69.1 Å². The van der Waals surface area contributed by atoms with Crippen LogP contribution in [0.1, 0.15) is 93.9 Å². The third-order valence-electron chi connectivity index (χ3n) is 12.3. The van der Waals surface area contributed by atoms with Crippen molar-refractivity contribution in [2.24, 2.45) is 50.7 Å². The molecule has 0 unspecified atom stereocenters. The molecule has 0 radical (unpaired) electrons. The van der Waals surface area contributed by atoms with Gasteiger partial charge in [-0.1, -0.05) is 60.1 Å². The Bertz CT molecular complexity index is 1220. The Kier molecular flexibility index (Phi) is 6.34. The number of carbonyl (C=O) groups excluding carboxylic acids is 3. The van der Waals surface area contributed by atoms with Crippen LogP contribution < -0.4 is 10.6 Å². The first kappa shape index (κ1) is 28.1. The van der Waals surface area contributed by atoms with Gasteiger partial charge < -0.3 is 10.6 Å². The molecule has 6 heteroatoms. The Hall–Kier alpha value is -2.42. The lowest BCUT2D eigenvalue weighted by Crippen LogP contribution is -2.65. The van der Waals surface area contributed by atoms with Gasteiger partial charge in [0, 0.05) is 29.3 Å². The van der Waals surface area contributed by atoms with Crippen LogP contribution in [0.3, 0.4) is 0 Å². The van der Waals surface area contributed by atoms with Crippen LogP contribution in [0.5, 0.6) is 0 Å². The molecule has 0 bridgehead atoms. The minimum Gasteiger partial charge on any atom is -0.338 e. The minimum atomic E-state index is -0.652. The maximum atomic E-state index is 14.4. The molecule has 8 atom stereocenters. The van der Waals surface area contributed by atoms with Gasteiger partial charge in [0.25, 0.3) is 0 Å². The molecule has 3 saturated carbocycles. The lowest BCUT2D eigenvalue weighted by Gasteiger charge is -2.68. The predicted octanol–water partition coefficient (Wildman–Crippen LogP) is 6.13. The predicted molar refractivity (Wildman–Crippen MR) is 151 cm³/mol. The lowest BCUT2D eigenvalue weighted by atomic mass is 9.35.